The second kappa shape index (κ2) is 2.94. The summed E-state index contributed by atoms with van der Waals surface area (Å²) < 4.78 is 12.8. The zero-order valence-electron chi connectivity index (χ0n) is 6.70. The first-order chi connectivity index (χ1) is 6.27. The second-order valence-electron chi connectivity index (χ2n) is 2.66. The molecule has 0 fully saturated rings. The molecule has 2 aromatic rings. The molecule has 1 aromatic carbocycles. The third-order valence-electron chi connectivity index (χ3n) is 1.77. The third-order valence-corrected chi connectivity index (χ3v) is 1.77. The highest BCUT2D eigenvalue weighted by Crippen LogP contribution is 2.07. The molecular formula is C10H6FNO. The van der Waals surface area contributed by atoms with Gasteiger partial charge in [0.05, 0.1) is 5.52 Å². The molecule has 0 amide bonds. The van der Waals surface area contributed by atoms with Crippen LogP contribution in [0.25, 0.3) is 10.9 Å². The highest BCUT2D eigenvalue weighted by molar-refractivity contribution is 5.77. The Bertz CT molecular complexity index is 510. The van der Waals surface area contributed by atoms with Crippen LogP contribution in [-0.2, 0) is 0 Å². The standard InChI is InChI=1S/C10H6FNO/c11-8-6-5-7-3-1-2-4-9(7)12-10(8)13/h1-6H. The monoisotopic (exact) mass is 175 g/mol. The molecule has 1 aromatic heterocycles. The Morgan fingerprint density at radius 1 is 1.08 bits per heavy atom. The zero-order chi connectivity index (χ0) is 9.26. The topological polar surface area (TPSA) is 30.0 Å². The van der Waals surface area contributed by atoms with Gasteiger partial charge in [0.1, 0.15) is 0 Å². The number of hydrogen-bond donors (Lipinski definition) is 0. The zero-order valence-corrected chi connectivity index (χ0v) is 6.70. The fourth-order valence-electron chi connectivity index (χ4n) is 1.13. The normalized spacial score (nSPS) is 10.2. The number of hydrogen-bond acceptors (Lipinski definition) is 2. The van der Waals surface area contributed by atoms with Gasteiger partial charge >= 0.3 is 5.56 Å². The highest BCUT2D eigenvalue weighted by atomic mass is 19.1. The number of para-hydroxylation sites is 1. The molecule has 64 valence electrons. The Balaban J connectivity index is 2.97. The molecule has 2 rings (SSSR count). The Labute approximate surface area is 73.7 Å². The van der Waals surface area contributed by atoms with Crippen molar-refractivity contribution in [1.29, 1.82) is 0 Å². The van der Waals surface area contributed by atoms with Crippen molar-refractivity contribution >= 4 is 10.9 Å². The average Bonchev–Trinajstić information content (AvgIpc) is 2.28. The van der Waals surface area contributed by atoms with Gasteiger partial charge in [0.2, 0.25) is 0 Å². The van der Waals surface area contributed by atoms with E-state index in [1.807, 2.05) is 6.07 Å². The Morgan fingerprint density at radius 3 is 2.69 bits per heavy atom. The summed E-state index contributed by atoms with van der Waals surface area (Å²) in [7, 11) is 0. The van der Waals surface area contributed by atoms with E-state index in [1.54, 1.807) is 24.3 Å². The minimum absolute atomic E-state index is 0.511. The summed E-state index contributed by atoms with van der Waals surface area (Å²) in [5.41, 5.74) is -0.308. The van der Waals surface area contributed by atoms with E-state index in [0.29, 0.717) is 5.52 Å². The van der Waals surface area contributed by atoms with Gasteiger partial charge in [-0.05, 0) is 18.2 Å². The Kier molecular flexibility index (Phi) is 1.77. The van der Waals surface area contributed by atoms with Crippen molar-refractivity contribution in [3.63, 3.8) is 0 Å². The van der Waals surface area contributed by atoms with Crippen LogP contribution in [0.1, 0.15) is 0 Å². The minimum Gasteiger partial charge on any atom is -0.264 e. The van der Waals surface area contributed by atoms with Crippen LogP contribution in [0.2, 0.25) is 0 Å². The summed E-state index contributed by atoms with van der Waals surface area (Å²) in [5.74, 6) is -0.823. The third kappa shape index (κ3) is 1.40. The maximum atomic E-state index is 12.8. The van der Waals surface area contributed by atoms with E-state index in [4.69, 9.17) is 0 Å². The molecule has 0 aliphatic carbocycles. The fraction of sp³-hybridized carbons (Fsp3) is 0. The highest BCUT2D eigenvalue weighted by Gasteiger charge is 1.97. The van der Waals surface area contributed by atoms with Gasteiger partial charge in [-0.25, -0.2) is 9.37 Å². The summed E-state index contributed by atoms with van der Waals surface area (Å²) in [6, 6.07) is 9.70. The summed E-state index contributed by atoms with van der Waals surface area (Å²) in [5, 5.41) is 0.753. The first-order valence-corrected chi connectivity index (χ1v) is 3.83. The lowest BCUT2D eigenvalue weighted by Crippen LogP contribution is -2.05. The molecule has 0 radical (unpaired) electrons. The first kappa shape index (κ1) is 7.86. The lowest BCUT2D eigenvalue weighted by atomic mass is 10.2. The molecule has 0 atom stereocenters. The van der Waals surface area contributed by atoms with Gasteiger partial charge in [0.15, 0.2) is 5.82 Å². The van der Waals surface area contributed by atoms with E-state index >= 15 is 0 Å². The Hall–Kier alpha value is -1.77. The van der Waals surface area contributed by atoms with Gasteiger partial charge in [-0.3, -0.25) is 4.79 Å². The van der Waals surface area contributed by atoms with E-state index in [9.17, 15) is 9.18 Å². The van der Waals surface area contributed by atoms with Crippen LogP contribution < -0.4 is 5.56 Å². The van der Waals surface area contributed by atoms with Crippen molar-refractivity contribution in [1.82, 2.24) is 4.98 Å². The van der Waals surface area contributed by atoms with Crippen molar-refractivity contribution in [2.24, 2.45) is 0 Å². The van der Waals surface area contributed by atoms with E-state index in [2.05, 4.69) is 4.98 Å². The number of fused-ring (bicyclic) bond motifs is 1. The number of rotatable bonds is 0. The lowest BCUT2D eigenvalue weighted by Gasteiger charge is -1.86. The number of aromatic nitrogens is 1. The van der Waals surface area contributed by atoms with Crippen molar-refractivity contribution in [3.05, 3.63) is 52.6 Å². The predicted molar refractivity (Wildman–Crippen MR) is 48.0 cm³/mol. The molecule has 0 aliphatic rings. The molecule has 0 unspecified atom stereocenters. The van der Waals surface area contributed by atoms with E-state index in [0.717, 1.165) is 11.5 Å². The van der Waals surface area contributed by atoms with Gasteiger partial charge in [-0.15, -0.1) is 0 Å². The van der Waals surface area contributed by atoms with E-state index < -0.39 is 11.4 Å². The van der Waals surface area contributed by atoms with Gasteiger partial charge in [-0.1, -0.05) is 18.2 Å². The lowest BCUT2D eigenvalue weighted by molar-refractivity contribution is 0.613. The van der Waals surface area contributed by atoms with Crippen LogP contribution in [0.3, 0.4) is 0 Å². The Morgan fingerprint density at radius 2 is 1.85 bits per heavy atom. The van der Waals surface area contributed by atoms with E-state index in [1.165, 1.54) is 0 Å². The summed E-state index contributed by atoms with van der Waals surface area (Å²) in [4.78, 5) is 14.6. The molecular weight excluding hydrogens is 169 g/mol. The maximum Gasteiger partial charge on any atom is 0.306 e. The van der Waals surface area contributed by atoms with E-state index in [-0.39, 0.29) is 0 Å². The average molecular weight is 175 g/mol. The van der Waals surface area contributed by atoms with Gasteiger partial charge in [-0.2, -0.15) is 0 Å². The molecule has 0 aliphatic heterocycles. The molecule has 13 heavy (non-hydrogen) atoms. The van der Waals surface area contributed by atoms with Crippen LogP contribution in [0.4, 0.5) is 4.39 Å². The second-order valence-corrected chi connectivity index (χ2v) is 2.66. The quantitative estimate of drug-likeness (QED) is 0.610. The van der Waals surface area contributed by atoms with Crippen molar-refractivity contribution in [3.8, 4) is 0 Å². The predicted octanol–water partition coefficient (Wildman–Crippen LogP) is 1.73. The van der Waals surface area contributed by atoms with Crippen LogP contribution in [0.15, 0.2) is 41.2 Å². The summed E-state index contributed by atoms with van der Waals surface area (Å²) in [6.45, 7) is 0. The smallest absolute Gasteiger partial charge is 0.264 e. The largest absolute Gasteiger partial charge is 0.306 e. The van der Waals surface area contributed by atoms with Gasteiger partial charge in [0.25, 0.3) is 0 Å². The number of halogens is 1. The molecule has 0 spiro atoms. The number of benzene rings is 1. The molecule has 3 heteroatoms. The minimum atomic E-state index is -0.823. The van der Waals surface area contributed by atoms with Crippen molar-refractivity contribution in [2.45, 2.75) is 0 Å². The molecule has 0 N–H and O–H groups in total. The summed E-state index contributed by atoms with van der Waals surface area (Å²) >= 11 is 0. The molecule has 0 saturated carbocycles. The molecule has 2 nitrogen and oxygen atoms in total. The number of nitrogens with zero attached hydrogens (tertiary/aromatic N) is 1. The van der Waals surface area contributed by atoms with Gasteiger partial charge in [0, 0.05) is 5.39 Å². The van der Waals surface area contributed by atoms with Crippen molar-refractivity contribution < 1.29 is 4.39 Å². The first-order valence-electron chi connectivity index (χ1n) is 3.83. The SMILES string of the molecule is O=c1nc2ccccc2ccc1F. The van der Waals surface area contributed by atoms with Crippen molar-refractivity contribution in [2.75, 3.05) is 0 Å². The van der Waals surface area contributed by atoms with Gasteiger partial charge < -0.3 is 0 Å². The fourth-order valence-corrected chi connectivity index (χ4v) is 1.13. The van der Waals surface area contributed by atoms with Crippen LogP contribution in [0, 0.1) is 5.82 Å². The molecule has 0 bridgehead atoms. The maximum absolute atomic E-state index is 12.8. The molecule has 0 saturated heterocycles. The van der Waals surface area contributed by atoms with Crippen LogP contribution in [0.5, 0.6) is 0 Å². The van der Waals surface area contributed by atoms with Crippen LogP contribution in [-0.4, -0.2) is 4.98 Å². The molecule has 1 heterocycles. The van der Waals surface area contributed by atoms with Crippen LogP contribution >= 0.6 is 0 Å². The summed E-state index contributed by atoms with van der Waals surface area (Å²) in [6.07, 6.45) is 0.